The van der Waals surface area contributed by atoms with E-state index in [1.54, 1.807) is 12.1 Å². The van der Waals surface area contributed by atoms with E-state index < -0.39 is 5.41 Å². The molecule has 2 atom stereocenters. The number of aromatic nitrogens is 1. The molecule has 4 aliphatic heterocycles. The zero-order valence-electron chi connectivity index (χ0n) is 23.4. The van der Waals surface area contributed by atoms with Crippen molar-refractivity contribution < 1.29 is 23.9 Å². The van der Waals surface area contributed by atoms with Gasteiger partial charge in [0.2, 0.25) is 11.8 Å². The molecular formula is C32H30ClN5O5. The van der Waals surface area contributed by atoms with E-state index in [1.165, 1.54) is 23.2 Å². The number of pyridine rings is 1. The van der Waals surface area contributed by atoms with Crippen LogP contribution in [0.4, 0.5) is 0 Å². The van der Waals surface area contributed by atoms with Gasteiger partial charge in [-0.3, -0.25) is 14.4 Å². The first kappa shape index (κ1) is 28.5. The molecule has 4 aliphatic rings. The van der Waals surface area contributed by atoms with Crippen LogP contribution in [0, 0.1) is 16.7 Å². The van der Waals surface area contributed by atoms with Crippen molar-refractivity contribution in [1.82, 2.24) is 20.1 Å². The van der Waals surface area contributed by atoms with E-state index in [2.05, 4.69) is 10.3 Å². The smallest absolute Gasteiger partial charge is 0.255 e. The number of nitrogens with one attached hydrogen (secondary N) is 1. The van der Waals surface area contributed by atoms with Gasteiger partial charge in [-0.1, -0.05) is 35.9 Å². The van der Waals surface area contributed by atoms with Gasteiger partial charge in [-0.25, -0.2) is 4.98 Å². The zero-order valence-corrected chi connectivity index (χ0v) is 24.2. The van der Waals surface area contributed by atoms with Crippen molar-refractivity contribution in [2.24, 2.45) is 5.41 Å². The zero-order chi connectivity index (χ0) is 30.0. The third-order valence-electron chi connectivity index (χ3n) is 8.35. The highest BCUT2D eigenvalue weighted by molar-refractivity contribution is 6.30. The summed E-state index contributed by atoms with van der Waals surface area (Å²) in [7, 11) is 0. The number of ether oxygens (including phenoxy) is 2. The van der Waals surface area contributed by atoms with Crippen molar-refractivity contribution in [1.29, 1.82) is 5.26 Å². The molecule has 1 spiro atoms. The fourth-order valence-electron chi connectivity index (χ4n) is 6.15. The van der Waals surface area contributed by atoms with Crippen molar-refractivity contribution in [2.75, 3.05) is 45.9 Å². The quantitative estimate of drug-likeness (QED) is 0.490. The molecule has 3 aromatic rings. The van der Waals surface area contributed by atoms with Crippen molar-refractivity contribution in [3.8, 4) is 17.6 Å². The van der Waals surface area contributed by atoms with Crippen LogP contribution in [-0.2, 0) is 16.0 Å². The van der Waals surface area contributed by atoms with E-state index in [0.717, 1.165) is 11.1 Å². The van der Waals surface area contributed by atoms with Gasteiger partial charge in [0.15, 0.2) is 11.5 Å². The second-order valence-corrected chi connectivity index (χ2v) is 11.6. The van der Waals surface area contributed by atoms with Crippen LogP contribution in [0.3, 0.4) is 0 Å². The molecule has 0 radical (unpaired) electrons. The summed E-state index contributed by atoms with van der Waals surface area (Å²) in [5.41, 5.74) is 1.72. The van der Waals surface area contributed by atoms with Gasteiger partial charge in [-0.2, -0.15) is 5.26 Å². The fraction of sp³-hybridized carbons (Fsp3) is 0.344. The first-order chi connectivity index (χ1) is 20.8. The van der Waals surface area contributed by atoms with E-state index in [9.17, 15) is 14.4 Å². The molecule has 1 N–H and O–H groups in total. The molecule has 0 aliphatic carbocycles. The normalized spacial score (nSPS) is 21.5. The summed E-state index contributed by atoms with van der Waals surface area (Å²) in [6.07, 6.45) is 2.04. The maximum Gasteiger partial charge on any atom is 0.255 e. The van der Waals surface area contributed by atoms with Crippen LogP contribution in [-0.4, -0.2) is 78.4 Å². The molecule has 5 heterocycles. The SMILES string of the molecule is N#Cc1ccc(C(=O)N2CCCOc3cccc4c3OC[C@@]3(CNC(=O)C2)CN(C(=O)Cc2cccc(Cl)c2)C[C@@H]43)cn1. The van der Waals surface area contributed by atoms with Gasteiger partial charge >= 0.3 is 0 Å². The van der Waals surface area contributed by atoms with Crippen LogP contribution >= 0.6 is 11.6 Å². The minimum atomic E-state index is -0.568. The molecule has 220 valence electrons. The Hall–Kier alpha value is -4.62. The standard InChI is InChI=1S/C32H30ClN5O5/c33-23-5-1-4-21(12-23)13-29(40)38-16-26-25-6-2-7-27-30(25)43-20-32(26,19-38)18-36-28(39)17-37(10-3-11-42-27)31(41)22-8-9-24(14-34)35-15-22/h1-2,4-9,12,15,26H,3,10-11,13,16-20H2,(H,36,39)/t26-,32+/m0/s1. The van der Waals surface area contributed by atoms with Crippen LogP contribution in [0.15, 0.2) is 60.8 Å². The fourth-order valence-corrected chi connectivity index (χ4v) is 6.36. The monoisotopic (exact) mass is 599 g/mol. The Balaban J connectivity index is 1.26. The number of halogens is 1. The van der Waals surface area contributed by atoms with Crippen molar-refractivity contribution in [3.05, 3.63) is 88.2 Å². The second-order valence-electron chi connectivity index (χ2n) is 11.2. The first-order valence-electron chi connectivity index (χ1n) is 14.2. The lowest BCUT2D eigenvalue weighted by Crippen LogP contribution is -2.50. The molecular weight excluding hydrogens is 570 g/mol. The number of nitriles is 1. The van der Waals surface area contributed by atoms with Gasteiger partial charge in [0.25, 0.3) is 5.91 Å². The number of para-hydroxylation sites is 1. The van der Waals surface area contributed by atoms with E-state index in [0.29, 0.717) is 54.8 Å². The Labute approximate surface area is 254 Å². The third-order valence-corrected chi connectivity index (χ3v) is 8.58. The highest BCUT2D eigenvalue weighted by atomic mass is 35.5. The highest BCUT2D eigenvalue weighted by Crippen LogP contribution is 2.52. The largest absolute Gasteiger partial charge is 0.490 e. The maximum absolute atomic E-state index is 13.5. The third kappa shape index (κ3) is 5.86. The summed E-state index contributed by atoms with van der Waals surface area (Å²) >= 11 is 6.15. The van der Waals surface area contributed by atoms with E-state index in [1.807, 2.05) is 41.3 Å². The molecule has 0 unspecified atom stereocenters. The molecule has 1 fully saturated rings. The number of carbonyl (C=O) groups is 3. The number of amides is 3. The summed E-state index contributed by atoms with van der Waals surface area (Å²) < 4.78 is 12.5. The lowest BCUT2D eigenvalue weighted by Gasteiger charge is -2.40. The number of benzene rings is 2. The van der Waals surface area contributed by atoms with Crippen molar-refractivity contribution >= 4 is 29.3 Å². The first-order valence-corrected chi connectivity index (χ1v) is 14.6. The van der Waals surface area contributed by atoms with Gasteiger partial charge in [-0.15, -0.1) is 0 Å². The van der Waals surface area contributed by atoms with Gasteiger partial charge in [0.05, 0.1) is 31.7 Å². The summed E-state index contributed by atoms with van der Waals surface area (Å²) in [4.78, 5) is 47.4. The summed E-state index contributed by atoms with van der Waals surface area (Å²) in [6, 6.07) is 18.0. The average molecular weight is 600 g/mol. The molecule has 43 heavy (non-hydrogen) atoms. The molecule has 7 rings (SSSR count). The molecule has 11 heteroatoms. The predicted octanol–water partition coefficient (Wildman–Crippen LogP) is 3.20. The van der Waals surface area contributed by atoms with Gasteiger partial charge in [-0.05, 0) is 42.3 Å². The second kappa shape index (κ2) is 11.9. The molecule has 2 aromatic carbocycles. The Bertz CT molecular complexity index is 1610. The Kier molecular flexibility index (Phi) is 7.91. The van der Waals surface area contributed by atoms with Crippen LogP contribution in [0.5, 0.6) is 11.5 Å². The summed E-state index contributed by atoms with van der Waals surface area (Å²) in [5, 5.41) is 12.7. The van der Waals surface area contributed by atoms with E-state index in [-0.39, 0.29) is 55.4 Å². The average Bonchev–Trinajstić information content (AvgIpc) is 3.42. The number of hydrogen-bond acceptors (Lipinski definition) is 7. The topological polar surface area (TPSA) is 125 Å². The van der Waals surface area contributed by atoms with E-state index >= 15 is 0 Å². The number of likely N-dealkylation sites (tertiary alicyclic amines) is 1. The van der Waals surface area contributed by atoms with Crippen LogP contribution in [0.2, 0.25) is 5.02 Å². The lowest BCUT2D eigenvalue weighted by atomic mass is 9.73. The van der Waals surface area contributed by atoms with E-state index in [4.69, 9.17) is 26.3 Å². The molecule has 0 saturated carbocycles. The Morgan fingerprint density at radius 1 is 1.14 bits per heavy atom. The van der Waals surface area contributed by atoms with Gasteiger partial charge in [0, 0.05) is 54.3 Å². The van der Waals surface area contributed by atoms with Crippen molar-refractivity contribution in [3.63, 3.8) is 0 Å². The summed E-state index contributed by atoms with van der Waals surface area (Å²) in [5.74, 6) is 0.487. The highest BCUT2D eigenvalue weighted by Gasteiger charge is 2.53. The minimum absolute atomic E-state index is 0.0259. The van der Waals surface area contributed by atoms with Crippen molar-refractivity contribution in [2.45, 2.75) is 18.8 Å². The van der Waals surface area contributed by atoms with Crippen LogP contribution in [0.1, 0.15) is 39.5 Å². The molecule has 10 nitrogen and oxygen atoms in total. The molecule has 1 aromatic heterocycles. The predicted molar refractivity (Wildman–Crippen MR) is 157 cm³/mol. The van der Waals surface area contributed by atoms with Crippen LogP contribution in [0.25, 0.3) is 0 Å². The summed E-state index contributed by atoms with van der Waals surface area (Å²) in [6.45, 7) is 1.87. The lowest BCUT2D eigenvalue weighted by molar-refractivity contribution is -0.129. The number of carbonyl (C=O) groups excluding carboxylic acids is 3. The molecule has 4 bridgehead atoms. The van der Waals surface area contributed by atoms with Gasteiger partial charge < -0.3 is 24.6 Å². The number of rotatable bonds is 3. The Morgan fingerprint density at radius 3 is 2.79 bits per heavy atom. The molecule has 3 amide bonds. The molecule has 1 saturated heterocycles. The number of nitrogens with zero attached hydrogens (tertiary/aromatic N) is 4. The maximum atomic E-state index is 13.5. The Morgan fingerprint density at radius 2 is 2.00 bits per heavy atom. The minimum Gasteiger partial charge on any atom is -0.490 e. The number of hydrogen-bond donors (Lipinski definition) is 1. The van der Waals surface area contributed by atoms with Crippen LogP contribution < -0.4 is 14.8 Å². The van der Waals surface area contributed by atoms with Gasteiger partial charge in [0.1, 0.15) is 11.8 Å². The number of fused-ring (bicyclic) bond motifs is 9.